The number of nitrogens with zero attached hydrogens (tertiary/aromatic N) is 3. The summed E-state index contributed by atoms with van der Waals surface area (Å²) in [5.74, 6) is 0.416. The number of anilines is 1. The largest absolute Gasteiger partial charge is 0.350 e. The number of aromatic nitrogens is 2. The lowest BCUT2D eigenvalue weighted by Crippen LogP contribution is -2.28. The lowest BCUT2D eigenvalue weighted by molar-refractivity contribution is 0.627. The van der Waals surface area contributed by atoms with E-state index in [-0.39, 0.29) is 5.82 Å². The molecule has 2 aromatic rings. The summed E-state index contributed by atoms with van der Waals surface area (Å²) in [7, 11) is 0. The van der Waals surface area contributed by atoms with Crippen molar-refractivity contribution in [3.63, 3.8) is 0 Å². The van der Waals surface area contributed by atoms with Crippen LogP contribution < -0.4 is 4.90 Å². The summed E-state index contributed by atoms with van der Waals surface area (Å²) in [6.45, 7) is 7.25. The quantitative estimate of drug-likeness (QED) is 0.758. The molecule has 1 aromatic heterocycles. The van der Waals surface area contributed by atoms with Gasteiger partial charge in [0.2, 0.25) is 0 Å². The van der Waals surface area contributed by atoms with E-state index >= 15 is 0 Å². The third-order valence-corrected chi connectivity index (χ3v) is 3.25. The summed E-state index contributed by atoms with van der Waals surface area (Å²) in [4.78, 5) is 10.4. The van der Waals surface area contributed by atoms with Crippen LogP contribution in [0.4, 0.5) is 10.2 Å². The standard InChI is InChI=1S/C16H17ClFN3/c1-12(2)11-21(16-15(17)19-8-9-20-16)10-7-13-3-5-14(18)6-4-13/h3-6,8-9H,1,7,10-11H2,2H3. The molecule has 1 aromatic carbocycles. The van der Waals surface area contributed by atoms with E-state index in [0.717, 1.165) is 17.6 Å². The number of benzene rings is 1. The van der Waals surface area contributed by atoms with Gasteiger partial charge < -0.3 is 4.90 Å². The SMILES string of the molecule is C=C(C)CN(CCc1ccc(F)cc1)c1nccnc1Cl. The Morgan fingerprint density at radius 3 is 2.52 bits per heavy atom. The van der Waals surface area contributed by atoms with Crippen molar-refractivity contribution in [2.75, 3.05) is 18.0 Å². The molecule has 0 radical (unpaired) electrons. The molecular formula is C16H17ClFN3. The lowest BCUT2D eigenvalue weighted by atomic mass is 10.1. The van der Waals surface area contributed by atoms with Crippen LogP contribution in [0.15, 0.2) is 48.8 Å². The highest BCUT2D eigenvalue weighted by molar-refractivity contribution is 6.31. The first-order valence-electron chi connectivity index (χ1n) is 6.66. The Balaban J connectivity index is 2.11. The van der Waals surface area contributed by atoms with Crippen LogP contribution in [0.1, 0.15) is 12.5 Å². The van der Waals surface area contributed by atoms with Crippen molar-refractivity contribution >= 4 is 17.4 Å². The summed E-state index contributed by atoms with van der Waals surface area (Å²) >= 11 is 6.11. The first kappa shape index (κ1) is 15.4. The van der Waals surface area contributed by atoms with E-state index in [9.17, 15) is 4.39 Å². The Hall–Kier alpha value is -1.94. The fourth-order valence-corrected chi connectivity index (χ4v) is 2.25. The Kier molecular flexibility index (Phi) is 5.28. The van der Waals surface area contributed by atoms with Crippen molar-refractivity contribution in [2.45, 2.75) is 13.3 Å². The first-order valence-corrected chi connectivity index (χ1v) is 7.04. The molecule has 21 heavy (non-hydrogen) atoms. The zero-order valence-electron chi connectivity index (χ0n) is 11.9. The second kappa shape index (κ2) is 7.18. The average molecular weight is 306 g/mol. The third-order valence-electron chi connectivity index (χ3n) is 2.98. The number of rotatable bonds is 6. The Bertz CT molecular complexity index is 613. The molecule has 2 rings (SSSR count). The molecular weight excluding hydrogens is 289 g/mol. The summed E-state index contributed by atoms with van der Waals surface area (Å²) < 4.78 is 12.9. The van der Waals surface area contributed by atoms with Gasteiger partial charge in [-0.3, -0.25) is 0 Å². The second-order valence-electron chi connectivity index (χ2n) is 4.93. The zero-order valence-corrected chi connectivity index (χ0v) is 12.6. The van der Waals surface area contributed by atoms with Crippen LogP contribution in [0.5, 0.6) is 0 Å². The van der Waals surface area contributed by atoms with E-state index in [1.165, 1.54) is 12.1 Å². The molecule has 0 aliphatic rings. The van der Waals surface area contributed by atoms with Crippen molar-refractivity contribution in [3.8, 4) is 0 Å². The molecule has 0 atom stereocenters. The molecule has 0 aliphatic heterocycles. The molecule has 0 amide bonds. The van der Waals surface area contributed by atoms with Gasteiger partial charge in [-0.25, -0.2) is 14.4 Å². The molecule has 0 spiro atoms. The van der Waals surface area contributed by atoms with Crippen LogP contribution in [0, 0.1) is 5.82 Å². The van der Waals surface area contributed by atoms with Gasteiger partial charge in [-0.15, -0.1) is 0 Å². The van der Waals surface area contributed by atoms with Gasteiger partial charge in [-0.1, -0.05) is 35.9 Å². The Morgan fingerprint density at radius 2 is 1.90 bits per heavy atom. The van der Waals surface area contributed by atoms with Crippen molar-refractivity contribution in [2.24, 2.45) is 0 Å². The van der Waals surface area contributed by atoms with Gasteiger partial charge in [-0.2, -0.15) is 0 Å². The highest BCUT2D eigenvalue weighted by Gasteiger charge is 2.12. The molecule has 0 unspecified atom stereocenters. The Morgan fingerprint density at radius 1 is 1.24 bits per heavy atom. The van der Waals surface area contributed by atoms with Crippen molar-refractivity contribution < 1.29 is 4.39 Å². The maximum absolute atomic E-state index is 12.9. The van der Waals surface area contributed by atoms with Gasteiger partial charge in [0.05, 0.1) is 0 Å². The summed E-state index contributed by atoms with van der Waals surface area (Å²) in [5, 5.41) is 0.373. The topological polar surface area (TPSA) is 29.0 Å². The van der Waals surface area contributed by atoms with E-state index in [4.69, 9.17) is 11.6 Å². The molecule has 5 heteroatoms. The molecule has 0 bridgehead atoms. The lowest BCUT2D eigenvalue weighted by Gasteiger charge is -2.24. The minimum Gasteiger partial charge on any atom is -0.350 e. The van der Waals surface area contributed by atoms with Gasteiger partial charge in [0.15, 0.2) is 11.0 Å². The molecule has 110 valence electrons. The van der Waals surface area contributed by atoms with Gasteiger partial charge in [0.25, 0.3) is 0 Å². The number of hydrogen-bond acceptors (Lipinski definition) is 3. The van der Waals surface area contributed by atoms with E-state index in [1.807, 2.05) is 11.8 Å². The average Bonchev–Trinajstić information content (AvgIpc) is 2.45. The van der Waals surface area contributed by atoms with Crippen LogP contribution >= 0.6 is 11.6 Å². The van der Waals surface area contributed by atoms with Gasteiger partial charge >= 0.3 is 0 Å². The molecule has 0 saturated carbocycles. The molecule has 0 saturated heterocycles. The van der Waals surface area contributed by atoms with Gasteiger partial charge in [0, 0.05) is 25.5 Å². The number of halogens is 2. The fourth-order valence-electron chi connectivity index (χ4n) is 2.03. The van der Waals surface area contributed by atoms with E-state index in [0.29, 0.717) is 24.1 Å². The van der Waals surface area contributed by atoms with Gasteiger partial charge in [-0.05, 0) is 31.0 Å². The van der Waals surface area contributed by atoms with Crippen molar-refractivity contribution in [1.82, 2.24) is 9.97 Å². The third kappa shape index (κ3) is 4.53. The van der Waals surface area contributed by atoms with Crippen molar-refractivity contribution in [1.29, 1.82) is 0 Å². The van der Waals surface area contributed by atoms with Crippen LogP contribution in [0.25, 0.3) is 0 Å². The normalized spacial score (nSPS) is 10.4. The zero-order chi connectivity index (χ0) is 15.2. The predicted molar refractivity (Wildman–Crippen MR) is 84.2 cm³/mol. The van der Waals surface area contributed by atoms with E-state index in [2.05, 4.69) is 16.5 Å². The molecule has 0 N–H and O–H groups in total. The Labute approximate surface area is 129 Å². The second-order valence-corrected chi connectivity index (χ2v) is 5.28. The monoisotopic (exact) mass is 305 g/mol. The summed E-state index contributed by atoms with van der Waals surface area (Å²) in [6.07, 6.45) is 3.94. The molecule has 0 fully saturated rings. The molecule has 0 aliphatic carbocycles. The van der Waals surface area contributed by atoms with Crippen molar-refractivity contribution in [3.05, 3.63) is 65.3 Å². The number of hydrogen-bond donors (Lipinski definition) is 0. The van der Waals surface area contributed by atoms with E-state index in [1.54, 1.807) is 24.5 Å². The van der Waals surface area contributed by atoms with Crippen LogP contribution in [0.2, 0.25) is 5.15 Å². The fraction of sp³-hybridized carbons (Fsp3) is 0.250. The minimum absolute atomic E-state index is 0.227. The van der Waals surface area contributed by atoms with E-state index < -0.39 is 0 Å². The smallest absolute Gasteiger partial charge is 0.171 e. The minimum atomic E-state index is -0.227. The molecule has 3 nitrogen and oxygen atoms in total. The maximum atomic E-state index is 12.9. The van der Waals surface area contributed by atoms with Crippen LogP contribution in [-0.2, 0) is 6.42 Å². The summed E-state index contributed by atoms with van der Waals surface area (Å²) in [6, 6.07) is 6.50. The van der Waals surface area contributed by atoms with Crippen LogP contribution in [-0.4, -0.2) is 23.1 Å². The highest BCUT2D eigenvalue weighted by atomic mass is 35.5. The maximum Gasteiger partial charge on any atom is 0.171 e. The predicted octanol–water partition coefficient (Wildman–Crippen LogP) is 3.89. The van der Waals surface area contributed by atoms with Crippen LogP contribution in [0.3, 0.4) is 0 Å². The highest BCUT2D eigenvalue weighted by Crippen LogP contribution is 2.21. The summed E-state index contributed by atoms with van der Waals surface area (Å²) in [5.41, 5.74) is 2.07. The van der Waals surface area contributed by atoms with Gasteiger partial charge in [0.1, 0.15) is 5.82 Å². The molecule has 1 heterocycles. The first-order chi connectivity index (χ1) is 10.1.